The number of benzene rings is 2. The molecule has 0 amide bonds. The van der Waals surface area contributed by atoms with Crippen LogP contribution in [0, 0.1) is 13.8 Å². The fourth-order valence-corrected chi connectivity index (χ4v) is 5.16. The molecule has 1 atom stereocenters. The summed E-state index contributed by atoms with van der Waals surface area (Å²) in [6.07, 6.45) is 0. The lowest BCUT2D eigenvalue weighted by Crippen LogP contribution is -2.49. The second-order valence-electron chi connectivity index (χ2n) is 9.20. The van der Waals surface area contributed by atoms with Gasteiger partial charge in [0.15, 0.2) is 5.82 Å². The molecular weight excluding hydrogens is 478 g/mol. The summed E-state index contributed by atoms with van der Waals surface area (Å²) in [5.41, 5.74) is 4.72. The molecule has 0 aliphatic carbocycles. The molecule has 0 spiro atoms. The summed E-state index contributed by atoms with van der Waals surface area (Å²) in [5.74, 6) is 0.636. The minimum atomic E-state index is -0.395. The van der Waals surface area contributed by atoms with Crippen molar-refractivity contribution in [1.82, 2.24) is 30.1 Å². The molecule has 4 aromatic rings. The molecule has 1 N–H and O–H groups in total. The van der Waals surface area contributed by atoms with Crippen LogP contribution in [0.4, 0.5) is 5.69 Å². The summed E-state index contributed by atoms with van der Waals surface area (Å²) in [6, 6.07) is 13.6. The van der Waals surface area contributed by atoms with Crippen molar-refractivity contribution in [2.45, 2.75) is 26.4 Å². The van der Waals surface area contributed by atoms with Crippen molar-refractivity contribution < 1.29 is 4.74 Å². The van der Waals surface area contributed by atoms with Crippen LogP contribution in [0.5, 0.6) is 0 Å². The number of hydrogen-bond donors (Lipinski definition) is 1. The third kappa shape index (κ3) is 4.74. The number of halogens is 1. The first-order valence-electron chi connectivity index (χ1n) is 12.1. The van der Waals surface area contributed by atoms with Gasteiger partial charge in [0.2, 0.25) is 0 Å². The minimum Gasteiger partial charge on any atom is -0.383 e. The van der Waals surface area contributed by atoms with Gasteiger partial charge in [-0.2, -0.15) is 0 Å². The summed E-state index contributed by atoms with van der Waals surface area (Å²) < 4.78 is 7.00. The highest BCUT2D eigenvalue weighted by atomic mass is 35.5. The van der Waals surface area contributed by atoms with Crippen LogP contribution in [-0.2, 0) is 11.3 Å². The molecule has 5 rings (SSSR count). The number of methoxy groups -OCH3 is 1. The molecule has 3 heterocycles. The average Bonchev–Trinajstić information content (AvgIpc) is 3.34. The fourth-order valence-electron chi connectivity index (χ4n) is 4.99. The first-order chi connectivity index (χ1) is 17.5. The highest BCUT2D eigenvalue weighted by Gasteiger charge is 2.33. The van der Waals surface area contributed by atoms with Gasteiger partial charge in [0.05, 0.1) is 18.7 Å². The number of para-hydroxylation sites is 1. The van der Waals surface area contributed by atoms with E-state index in [0.29, 0.717) is 24.5 Å². The van der Waals surface area contributed by atoms with E-state index in [4.69, 9.17) is 16.3 Å². The van der Waals surface area contributed by atoms with Gasteiger partial charge >= 0.3 is 0 Å². The van der Waals surface area contributed by atoms with E-state index in [1.165, 1.54) is 5.56 Å². The van der Waals surface area contributed by atoms with Crippen LogP contribution in [0.3, 0.4) is 0 Å². The topological polar surface area (TPSA) is 92.2 Å². The van der Waals surface area contributed by atoms with Crippen LogP contribution in [0.25, 0.3) is 10.9 Å². The van der Waals surface area contributed by atoms with Gasteiger partial charge in [-0.15, -0.1) is 5.10 Å². The monoisotopic (exact) mass is 507 g/mol. The fraction of sp³-hybridized carbons (Fsp3) is 0.385. The second-order valence-corrected chi connectivity index (χ2v) is 9.64. The van der Waals surface area contributed by atoms with Crippen LogP contribution in [0.2, 0.25) is 5.02 Å². The number of rotatable bonds is 7. The molecule has 188 valence electrons. The summed E-state index contributed by atoms with van der Waals surface area (Å²) in [7, 11) is 1.65. The van der Waals surface area contributed by atoms with Gasteiger partial charge in [-0.3, -0.25) is 9.69 Å². The summed E-state index contributed by atoms with van der Waals surface area (Å²) in [5, 5.41) is 14.2. The first-order valence-corrected chi connectivity index (χ1v) is 12.5. The maximum atomic E-state index is 13.4. The van der Waals surface area contributed by atoms with Crippen molar-refractivity contribution >= 4 is 28.2 Å². The van der Waals surface area contributed by atoms with E-state index < -0.39 is 6.04 Å². The largest absolute Gasteiger partial charge is 0.383 e. The van der Waals surface area contributed by atoms with Gasteiger partial charge in [-0.1, -0.05) is 35.9 Å². The standard InChI is InChI=1S/C26H30ClN7O2/c1-17-7-8-20(27)16-22(17)32-9-11-33(12-10-32)24(25-29-30-31-34(25)13-14-36-3)21-15-19-6-4-5-18(2)23(19)28-26(21)35/h4-8,15-16,24H,9-14H2,1-3H3,(H,28,35)/t24-/m0/s1. The highest BCUT2D eigenvalue weighted by Crippen LogP contribution is 2.31. The molecule has 1 aliphatic rings. The molecule has 1 fully saturated rings. The maximum absolute atomic E-state index is 13.4. The molecule has 1 saturated heterocycles. The number of nitrogens with one attached hydrogen (secondary N) is 1. The van der Waals surface area contributed by atoms with Gasteiger partial charge in [-0.05, 0) is 59.0 Å². The molecule has 9 nitrogen and oxygen atoms in total. The SMILES string of the molecule is COCCn1nnnc1[C@H](c1cc2cccc(C)c2[nH]c1=O)N1CCN(c2cc(Cl)ccc2C)CC1. The number of H-pyrrole nitrogens is 1. The number of anilines is 1. The lowest BCUT2D eigenvalue weighted by Gasteiger charge is -2.40. The Morgan fingerprint density at radius 1 is 1.08 bits per heavy atom. The number of fused-ring (bicyclic) bond motifs is 1. The Kier molecular flexibility index (Phi) is 7.04. The molecule has 2 aromatic heterocycles. The number of tetrazole rings is 1. The van der Waals surface area contributed by atoms with Crippen molar-refractivity contribution in [2.75, 3.05) is 44.8 Å². The number of aromatic amines is 1. The molecule has 0 unspecified atom stereocenters. The number of nitrogens with zero attached hydrogens (tertiary/aromatic N) is 6. The van der Waals surface area contributed by atoms with E-state index in [1.807, 2.05) is 49.4 Å². The van der Waals surface area contributed by atoms with Crippen LogP contribution >= 0.6 is 11.6 Å². The van der Waals surface area contributed by atoms with E-state index in [2.05, 4.69) is 37.2 Å². The van der Waals surface area contributed by atoms with E-state index in [0.717, 1.165) is 53.4 Å². The molecule has 10 heteroatoms. The van der Waals surface area contributed by atoms with Crippen LogP contribution in [0.1, 0.15) is 28.6 Å². The van der Waals surface area contributed by atoms with Crippen molar-refractivity contribution in [3.05, 3.63) is 80.4 Å². The minimum absolute atomic E-state index is 0.129. The zero-order valence-corrected chi connectivity index (χ0v) is 21.5. The second kappa shape index (κ2) is 10.4. The Bertz CT molecular complexity index is 1430. The number of ether oxygens (including phenoxy) is 1. The first kappa shape index (κ1) is 24.4. The van der Waals surface area contributed by atoms with Crippen molar-refractivity contribution in [3.8, 4) is 0 Å². The highest BCUT2D eigenvalue weighted by molar-refractivity contribution is 6.30. The number of pyridine rings is 1. The molecule has 2 aromatic carbocycles. The molecular formula is C26H30ClN7O2. The van der Waals surface area contributed by atoms with Crippen LogP contribution in [0.15, 0.2) is 47.3 Å². The van der Waals surface area contributed by atoms with Gasteiger partial charge in [0.1, 0.15) is 6.04 Å². The third-order valence-electron chi connectivity index (χ3n) is 6.91. The normalized spacial score (nSPS) is 15.5. The zero-order chi connectivity index (χ0) is 25.2. The summed E-state index contributed by atoms with van der Waals surface area (Å²) >= 11 is 6.29. The molecule has 0 bridgehead atoms. The summed E-state index contributed by atoms with van der Waals surface area (Å²) in [6.45, 7) is 8.13. The van der Waals surface area contributed by atoms with E-state index in [9.17, 15) is 4.79 Å². The van der Waals surface area contributed by atoms with E-state index in [-0.39, 0.29) is 5.56 Å². The molecule has 36 heavy (non-hydrogen) atoms. The molecule has 0 saturated carbocycles. The van der Waals surface area contributed by atoms with Gasteiger partial charge < -0.3 is 14.6 Å². The maximum Gasteiger partial charge on any atom is 0.253 e. The Balaban J connectivity index is 1.52. The van der Waals surface area contributed by atoms with Gasteiger partial charge in [-0.25, -0.2) is 4.68 Å². The Hall–Kier alpha value is -3.27. The van der Waals surface area contributed by atoms with Gasteiger partial charge in [0, 0.05) is 49.6 Å². The molecule has 0 radical (unpaired) electrons. The van der Waals surface area contributed by atoms with Gasteiger partial charge in [0.25, 0.3) is 5.56 Å². The Morgan fingerprint density at radius 2 is 1.89 bits per heavy atom. The predicted molar refractivity (Wildman–Crippen MR) is 141 cm³/mol. The van der Waals surface area contributed by atoms with Crippen molar-refractivity contribution in [1.29, 1.82) is 0 Å². The lowest BCUT2D eigenvalue weighted by atomic mass is 10.0. The number of aryl methyl sites for hydroxylation is 2. The van der Waals surface area contributed by atoms with Crippen molar-refractivity contribution in [3.63, 3.8) is 0 Å². The Morgan fingerprint density at radius 3 is 2.67 bits per heavy atom. The lowest BCUT2D eigenvalue weighted by molar-refractivity contribution is 0.171. The van der Waals surface area contributed by atoms with E-state index >= 15 is 0 Å². The zero-order valence-electron chi connectivity index (χ0n) is 20.7. The predicted octanol–water partition coefficient (Wildman–Crippen LogP) is 3.34. The van der Waals surface area contributed by atoms with Crippen LogP contribution < -0.4 is 10.5 Å². The quantitative estimate of drug-likeness (QED) is 0.410. The number of aromatic nitrogens is 5. The van der Waals surface area contributed by atoms with Crippen molar-refractivity contribution in [2.24, 2.45) is 0 Å². The van der Waals surface area contributed by atoms with E-state index in [1.54, 1.807) is 11.8 Å². The molecule has 1 aliphatic heterocycles. The smallest absolute Gasteiger partial charge is 0.253 e. The number of hydrogen-bond acceptors (Lipinski definition) is 7. The average molecular weight is 508 g/mol. The number of piperazine rings is 1. The Labute approximate surface area is 214 Å². The summed E-state index contributed by atoms with van der Waals surface area (Å²) in [4.78, 5) is 21.2. The third-order valence-corrected chi connectivity index (χ3v) is 7.15. The van der Waals surface area contributed by atoms with Crippen LogP contribution in [-0.4, -0.2) is 70.0 Å².